The number of halogens is 1. The molecule has 2 amide bonds. The zero-order chi connectivity index (χ0) is 22.1. The lowest BCUT2D eigenvalue weighted by Gasteiger charge is -2.12. The molecule has 0 saturated heterocycles. The van der Waals surface area contributed by atoms with Crippen molar-refractivity contribution in [1.82, 2.24) is 5.43 Å². The number of hydrazone groups is 1. The first kappa shape index (κ1) is 23.5. The summed E-state index contributed by atoms with van der Waals surface area (Å²) in [6.07, 6.45) is 1.52. The summed E-state index contributed by atoms with van der Waals surface area (Å²) in [6.45, 7) is 1.92. The maximum absolute atomic E-state index is 12.1. The molecule has 0 saturated carbocycles. The quantitative estimate of drug-likeness (QED) is 0.297. The SMILES string of the molecule is COc1cc(C=NNC(=O)CCC(=O)Nc2ccc(I)cc2C)cc(OC)c1OC. The molecule has 0 heterocycles. The second-order valence-electron chi connectivity index (χ2n) is 6.26. The Morgan fingerprint density at radius 3 is 2.20 bits per heavy atom. The molecule has 0 aliphatic rings. The highest BCUT2D eigenvalue weighted by atomic mass is 127. The lowest BCUT2D eigenvalue weighted by atomic mass is 10.2. The first-order chi connectivity index (χ1) is 14.4. The highest BCUT2D eigenvalue weighted by molar-refractivity contribution is 14.1. The lowest BCUT2D eigenvalue weighted by Crippen LogP contribution is -2.20. The van der Waals surface area contributed by atoms with Crippen LogP contribution >= 0.6 is 22.6 Å². The van der Waals surface area contributed by atoms with Crippen molar-refractivity contribution in [3.63, 3.8) is 0 Å². The summed E-state index contributed by atoms with van der Waals surface area (Å²) in [5.41, 5.74) is 4.76. The zero-order valence-electron chi connectivity index (χ0n) is 17.2. The van der Waals surface area contributed by atoms with Crippen molar-refractivity contribution in [3.8, 4) is 17.2 Å². The standard InChI is InChI=1S/C21H24IN3O5/c1-13-9-15(22)5-6-16(13)24-19(26)7-8-20(27)25-23-12-14-10-17(28-2)21(30-4)18(11-14)29-3/h5-6,9-12H,7-8H2,1-4H3,(H,24,26)(H,25,27). The van der Waals surface area contributed by atoms with Gasteiger partial charge in [0.2, 0.25) is 17.6 Å². The van der Waals surface area contributed by atoms with Gasteiger partial charge in [0.15, 0.2) is 11.5 Å². The van der Waals surface area contributed by atoms with Gasteiger partial charge in [-0.25, -0.2) is 5.43 Å². The fourth-order valence-electron chi connectivity index (χ4n) is 2.62. The van der Waals surface area contributed by atoms with Gasteiger partial charge in [0.1, 0.15) is 0 Å². The van der Waals surface area contributed by atoms with Crippen molar-refractivity contribution in [3.05, 3.63) is 45.0 Å². The predicted molar refractivity (Wildman–Crippen MR) is 124 cm³/mol. The Hall–Kier alpha value is -2.82. The van der Waals surface area contributed by atoms with E-state index in [2.05, 4.69) is 38.4 Å². The number of aryl methyl sites for hydroxylation is 1. The number of ether oxygens (including phenoxy) is 3. The Bertz CT molecular complexity index is 921. The number of carbonyl (C=O) groups is 2. The highest BCUT2D eigenvalue weighted by Crippen LogP contribution is 2.37. The Labute approximate surface area is 189 Å². The van der Waals surface area contributed by atoms with E-state index >= 15 is 0 Å². The van der Waals surface area contributed by atoms with E-state index in [1.165, 1.54) is 27.5 Å². The van der Waals surface area contributed by atoms with Gasteiger partial charge in [-0.15, -0.1) is 0 Å². The summed E-state index contributed by atoms with van der Waals surface area (Å²) < 4.78 is 16.9. The summed E-state index contributed by atoms with van der Waals surface area (Å²) in [5.74, 6) is 0.825. The van der Waals surface area contributed by atoms with Gasteiger partial charge in [-0.2, -0.15) is 5.10 Å². The molecule has 0 atom stereocenters. The minimum Gasteiger partial charge on any atom is -0.493 e. The van der Waals surface area contributed by atoms with Crippen LogP contribution in [0, 0.1) is 10.5 Å². The third-order valence-electron chi connectivity index (χ3n) is 4.13. The predicted octanol–water partition coefficient (Wildman–Crippen LogP) is 3.49. The van der Waals surface area contributed by atoms with E-state index in [1.807, 2.05) is 25.1 Å². The summed E-state index contributed by atoms with van der Waals surface area (Å²) in [4.78, 5) is 24.1. The van der Waals surface area contributed by atoms with Crippen LogP contribution < -0.4 is 25.0 Å². The van der Waals surface area contributed by atoms with Gasteiger partial charge in [0.05, 0.1) is 27.5 Å². The molecule has 9 heteroatoms. The van der Waals surface area contributed by atoms with E-state index in [0.29, 0.717) is 22.8 Å². The molecule has 30 heavy (non-hydrogen) atoms. The molecule has 2 rings (SSSR count). The van der Waals surface area contributed by atoms with Crippen LogP contribution in [0.2, 0.25) is 0 Å². The van der Waals surface area contributed by atoms with E-state index in [-0.39, 0.29) is 24.7 Å². The summed E-state index contributed by atoms with van der Waals surface area (Å²) in [7, 11) is 4.55. The van der Waals surface area contributed by atoms with Crippen molar-refractivity contribution >= 4 is 46.3 Å². The van der Waals surface area contributed by atoms with Gasteiger partial charge in [0, 0.05) is 27.7 Å². The molecule has 2 aromatic carbocycles. The highest BCUT2D eigenvalue weighted by Gasteiger charge is 2.12. The van der Waals surface area contributed by atoms with Gasteiger partial charge in [-0.05, 0) is 65.4 Å². The average molecular weight is 525 g/mol. The topological polar surface area (TPSA) is 98.2 Å². The molecule has 2 aromatic rings. The summed E-state index contributed by atoms with van der Waals surface area (Å²) in [6, 6.07) is 9.13. The van der Waals surface area contributed by atoms with Crippen LogP contribution in [-0.2, 0) is 9.59 Å². The number of nitrogens with one attached hydrogen (secondary N) is 2. The molecule has 0 radical (unpaired) electrons. The maximum atomic E-state index is 12.1. The normalized spacial score (nSPS) is 10.6. The van der Waals surface area contributed by atoms with Crippen molar-refractivity contribution in [2.75, 3.05) is 26.6 Å². The van der Waals surface area contributed by atoms with Crippen LogP contribution in [0.1, 0.15) is 24.0 Å². The van der Waals surface area contributed by atoms with Crippen molar-refractivity contribution in [2.24, 2.45) is 5.10 Å². The van der Waals surface area contributed by atoms with Gasteiger partial charge < -0.3 is 19.5 Å². The minimum absolute atomic E-state index is 0.0157. The van der Waals surface area contributed by atoms with Gasteiger partial charge in [-0.3, -0.25) is 9.59 Å². The van der Waals surface area contributed by atoms with Crippen LogP contribution in [0.25, 0.3) is 0 Å². The summed E-state index contributed by atoms with van der Waals surface area (Å²) in [5, 5.41) is 6.74. The molecular weight excluding hydrogens is 501 g/mol. The van der Waals surface area contributed by atoms with E-state index in [1.54, 1.807) is 12.1 Å². The molecule has 160 valence electrons. The molecule has 0 bridgehead atoms. The van der Waals surface area contributed by atoms with Crippen LogP contribution in [0.5, 0.6) is 17.2 Å². The molecule has 0 unspecified atom stereocenters. The molecule has 2 N–H and O–H groups in total. The maximum Gasteiger partial charge on any atom is 0.240 e. The van der Waals surface area contributed by atoms with E-state index < -0.39 is 0 Å². The Kier molecular flexibility index (Phi) is 8.90. The first-order valence-electron chi connectivity index (χ1n) is 9.05. The largest absolute Gasteiger partial charge is 0.493 e. The molecule has 8 nitrogen and oxygen atoms in total. The molecule has 0 aliphatic heterocycles. The zero-order valence-corrected chi connectivity index (χ0v) is 19.4. The molecule has 0 spiro atoms. The van der Waals surface area contributed by atoms with Crippen LogP contribution in [0.15, 0.2) is 35.4 Å². The van der Waals surface area contributed by atoms with Gasteiger partial charge in [-0.1, -0.05) is 0 Å². The number of anilines is 1. The number of carbonyl (C=O) groups excluding carboxylic acids is 2. The second-order valence-corrected chi connectivity index (χ2v) is 7.50. The number of benzene rings is 2. The fraction of sp³-hybridized carbons (Fsp3) is 0.286. The average Bonchev–Trinajstić information content (AvgIpc) is 2.73. The first-order valence-corrected chi connectivity index (χ1v) is 10.1. The summed E-state index contributed by atoms with van der Waals surface area (Å²) >= 11 is 2.21. The van der Waals surface area contributed by atoms with E-state index in [0.717, 1.165) is 14.8 Å². The third-order valence-corrected chi connectivity index (χ3v) is 4.80. The number of amides is 2. The second kappa shape index (κ2) is 11.4. The Balaban J connectivity index is 1.88. The molecule has 0 aromatic heterocycles. The molecule has 0 aliphatic carbocycles. The number of hydrogen-bond acceptors (Lipinski definition) is 6. The van der Waals surface area contributed by atoms with Gasteiger partial charge >= 0.3 is 0 Å². The number of nitrogens with zero attached hydrogens (tertiary/aromatic N) is 1. The monoisotopic (exact) mass is 525 g/mol. The third kappa shape index (κ3) is 6.61. The van der Waals surface area contributed by atoms with Gasteiger partial charge in [0.25, 0.3) is 0 Å². The number of rotatable bonds is 9. The number of methoxy groups -OCH3 is 3. The van der Waals surface area contributed by atoms with Crippen LogP contribution in [0.3, 0.4) is 0 Å². The lowest BCUT2D eigenvalue weighted by molar-refractivity contribution is -0.124. The van der Waals surface area contributed by atoms with Crippen molar-refractivity contribution in [1.29, 1.82) is 0 Å². The molecular formula is C21H24IN3O5. The van der Waals surface area contributed by atoms with E-state index in [9.17, 15) is 9.59 Å². The van der Waals surface area contributed by atoms with Crippen LogP contribution in [0.4, 0.5) is 5.69 Å². The number of hydrogen-bond donors (Lipinski definition) is 2. The Morgan fingerprint density at radius 1 is 1.00 bits per heavy atom. The van der Waals surface area contributed by atoms with E-state index in [4.69, 9.17) is 14.2 Å². The van der Waals surface area contributed by atoms with Crippen molar-refractivity contribution in [2.45, 2.75) is 19.8 Å². The Morgan fingerprint density at radius 2 is 1.63 bits per heavy atom. The molecule has 0 fully saturated rings. The fourth-order valence-corrected chi connectivity index (χ4v) is 3.26. The van der Waals surface area contributed by atoms with Crippen LogP contribution in [-0.4, -0.2) is 39.4 Å². The van der Waals surface area contributed by atoms with Crippen molar-refractivity contribution < 1.29 is 23.8 Å². The smallest absolute Gasteiger partial charge is 0.240 e. The minimum atomic E-state index is -0.367.